The molecule has 1 aromatic carbocycles. The number of carbonyl (C=O) groups excluding carboxylic acids is 2. The van der Waals surface area contributed by atoms with E-state index in [0.29, 0.717) is 12.1 Å². The van der Waals surface area contributed by atoms with Crippen LogP contribution in [0.25, 0.3) is 0 Å². The van der Waals surface area contributed by atoms with Gasteiger partial charge in [-0.05, 0) is 45.7 Å². The molecule has 5 nitrogen and oxygen atoms in total. The van der Waals surface area contributed by atoms with E-state index in [-0.39, 0.29) is 11.8 Å². The van der Waals surface area contributed by atoms with E-state index in [0.717, 1.165) is 29.9 Å². The van der Waals surface area contributed by atoms with Gasteiger partial charge in [-0.3, -0.25) is 4.79 Å². The number of nitrogens with zero attached hydrogens (tertiary/aromatic N) is 1. The lowest BCUT2D eigenvalue weighted by Gasteiger charge is -2.22. The minimum atomic E-state index is -0.799. The van der Waals surface area contributed by atoms with Crippen molar-refractivity contribution in [2.24, 2.45) is 0 Å². The number of benzene rings is 1. The Morgan fingerprint density at radius 1 is 1.24 bits per heavy atom. The second-order valence-corrected chi connectivity index (χ2v) is 7.88. The molecule has 1 amide bonds. The molecule has 1 aromatic heterocycles. The van der Waals surface area contributed by atoms with Gasteiger partial charge in [0.15, 0.2) is 17.4 Å². The highest BCUT2D eigenvalue weighted by molar-refractivity contribution is 7.10. The van der Waals surface area contributed by atoms with Crippen molar-refractivity contribution in [1.82, 2.24) is 10.3 Å². The number of aromatic nitrogens is 1. The van der Waals surface area contributed by atoms with Crippen LogP contribution in [-0.4, -0.2) is 22.5 Å². The number of amides is 1. The number of alkyl carbamates (subject to hydrolysis) is 1. The van der Waals surface area contributed by atoms with E-state index in [9.17, 15) is 18.4 Å². The quantitative estimate of drug-likeness (QED) is 0.501. The molecule has 2 aromatic rings. The van der Waals surface area contributed by atoms with Crippen molar-refractivity contribution < 1.29 is 23.1 Å². The third kappa shape index (κ3) is 8.00. The van der Waals surface area contributed by atoms with Crippen molar-refractivity contribution in [3.63, 3.8) is 0 Å². The Hall–Kier alpha value is -2.79. The van der Waals surface area contributed by atoms with Gasteiger partial charge >= 0.3 is 6.09 Å². The molecule has 0 spiro atoms. The summed E-state index contributed by atoms with van der Waals surface area (Å²) in [4.78, 5) is 28.6. The third-order valence-electron chi connectivity index (χ3n) is 3.59. The number of fused-ring (bicyclic) bond motifs is 1. The van der Waals surface area contributed by atoms with E-state index >= 15 is 0 Å². The second-order valence-electron chi connectivity index (χ2n) is 6.99. The zero-order valence-electron chi connectivity index (χ0n) is 16.6. The van der Waals surface area contributed by atoms with Crippen molar-refractivity contribution in [1.29, 1.82) is 0 Å². The average Bonchev–Trinajstić information content (AvgIpc) is 3.09. The van der Waals surface area contributed by atoms with Crippen LogP contribution in [0.4, 0.5) is 13.6 Å². The number of halogens is 2. The van der Waals surface area contributed by atoms with Crippen LogP contribution in [0.15, 0.2) is 29.8 Å². The first-order chi connectivity index (χ1) is 13.7. The Kier molecular flexibility index (Phi) is 9.42. The highest BCUT2D eigenvalue weighted by Gasteiger charge is 2.28. The summed E-state index contributed by atoms with van der Waals surface area (Å²) in [6.45, 7) is 5.46. The van der Waals surface area contributed by atoms with E-state index in [1.807, 2.05) is 20.8 Å². The Morgan fingerprint density at radius 2 is 1.83 bits per heavy atom. The van der Waals surface area contributed by atoms with Gasteiger partial charge in [-0.2, -0.15) is 0 Å². The third-order valence-corrected chi connectivity index (χ3v) is 4.53. The van der Waals surface area contributed by atoms with E-state index < -0.39 is 23.3 Å². The molecule has 1 heterocycles. The minimum Gasteiger partial charge on any atom is -0.444 e. The number of Topliss-reactive ketones (excluding diaryl/α,β-unsaturated/α-hetero) is 1. The Balaban J connectivity index is 0.000000351. The molecule has 0 bridgehead atoms. The normalized spacial score (nSPS) is 15.4. The fraction of sp³-hybridized carbons (Fsp3) is 0.381. The van der Waals surface area contributed by atoms with Crippen LogP contribution in [-0.2, 0) is 4.74 Å². The number of terminal acetylenes is 1. The minimum absolute atomic E-state index is 0.0599. The van der Waals surface area contributed by atoms with Gasteiger partial charge in [0.2, 0.25) is 0 Å². The number of thiazole rings is 1. The largest absolute Gasteiger partial charge is 0.444 e. The van der Waals surface area contributed by atoms with Gasteiger partial charge in [0.25, 0.3) is 0 Å². The van der Waals surface area contributed by atoms with Crippen molar-refractivity contribution in [2.75, 3.05) is 0 Å². The molecule has 0 fully saturated rings. The molecular weight excluding hydrogens is 398 g/mol. The fourth-order valence-corrected chi connectivity index (χ4v) is 3.35. The smallest absolute Gasteiger partial charge is 0.408 e. The van der Waals surface area contributed by atoms with E-state index in [1.54, 1.807) is 5.51 Å². The molecule has 8 heteroatoms. The molecule has 0 saturated carbocycles. The number of carbonyl (C=O) groups is 2. The van der Waals surface area contributed by atoms with Crippen molar-refractivity contribution in [3.05, 3.63) is 52.0 Å². The first-order valence-electron chi connectivity index (χ1n) is 8.87. The van der Waals surface area contributed by atoms with Gasteiger partial charge < -0.3 is 10.1 Å². The lowest BCUT2D eigenvalue weighted by atomic mass is 10.1. The van der Waals surface area contributed by atoms with Gasteiger partial charge in [0, 0.05) is 6.42 Å². The molecule has 156 valence electrons. The first-order valence-corrected chi connectivity index (χ1v) is 9.75. The highest BCUT2D eigenvalue weighted by atomic mass is 32.1. The molecular formula is C21H24F2N2O3S. The lowest BCUT2D eigenvalue weighted by Crippen LogP contribution is -2.34. The summed E-state index contributed by atoms with van der Waals surface area (Å²) in [5, 5.41) is 2.84. The van der Waals surface area contributed by atoms with Gasteiger partial charge in [0.1, 0.15) is 11.3 Å². The van der Waals surface area contributed by atoms with Crippen LogP contribution >= 0.6 is 11.3 Å². The maximum Gasteiger partial charge on any atom is 0.408 e. The van der Waals surface area contributed by atoms with E-state index in [1.165, 1.54) is 23.5 Å². The molecule has 0 radical (unpaired) electrons. The van der Waals surface area contributed by atoms with Crippen LogP contribution in [0.1, 0.15) is 61.4 Å². The predicted molar refractivity (Wildman–Crippen MR) is 109 cm³/mol. The van der Waals surface area contributed by atoms with Crippen LogP contribution in [0.3, 0.4) is 0 Å². The summed E-state index contributed by atoms with van der Waals surface area (Å²) in [7, 11) is 0. The molecule has 1 atom stereocenters. The molecule has 29 heavy (non-hydrogen) atoms. The zero-order chi connectivity index (χ0) is 22.0. The molecule has 0 unspecified atom stereocenters. The number of rotatable bonds is 1. The van der Waals surface area contributed by atoms with Crippen molar-refractivity contribution >= 4 is 23.2 Å². The molecule has 1 aliphatic carbocycles. The average molecular weight is 422 g/mol. The summed E-state index contributed by atoms with van der Waals surface area (Å²) in [6.07, 6.45) is 9.53. The number of hydrogen-bond donors (Lipinski definition) is 1. The topological polar surface area (TPSA) is 68.3 Å². The standard InChI is InChI=1S/C13H18N2O3S.C6H4F2.C2H2/c1-13(2,3)18-12(17)15-8-5-4-6-9(16)10-11(8)19-7-14-10;7-5-3-1-2-4-6(5)8;1-2/h7-8H,4-6H2,1-3H3,(H,15,17);1-4H;1-2H/t8-;;/m0../s1. The van der Waals surface area contributed by atoms with Gasteiger partial charge in [0.05, 0.1) is 16.4 Å². The van der Waals surface area contributed by atoms with Crippen LogP contribution in [0, 0.1) is 24.5 Å². The molecule has 3 rings (SSSR count). The number of ether oxygens (including phenoxy) is 1. The second kappa shape index (κ2) is 11.3. The summed E-state index contributed by atoms with van der Waals surface area (Å²) >= 11 is 1.41. The van der Waals surface area contributed by atoms with Crippen molar-refractivity contribution in [2.45, 2.75) is 51.7 Å². The summed E-state index contributed by atoms with van der Waals surface area (Å²) in [5.74, 6) is -1.54. The SMILES string of the molecule is C#C.CC(C)(C)OC(=O)N[C@H]1CCCC(=O)c2ncsc21.Fc1ccccc1F. The predicted octanol–water partition coefficient (Wildman–Crippen LogP) is 5.29. The Labute approximate surface area is 173 Å². The zero-order valence-corrected chi connectivity index (χ0v) is 17.4. The van der Waals surface area contributed by atoms with E-state index in [2.05, 4.69) is 23.1 Å². The highest BCUT2D eigenvalue weighted by Crippen LogP contribution is 2.31. The van der Waals surface area contributed by atoms with Gasteiger partial charge in [-0.1, -0.05) is 12.1 Å². The van der Waals surface area contributed by atoms with Crippen LogP contribution in [0.2, 0.25) is 0 Å². The monoisotopic (exact) mass is 422 g/mol. The molecule has 0 aliphatic heterocycles. The maximum absolute atomic E-state index is 11.9. The summed E-state index contributed by atoms with van der Waals surface area (Å²) < 4.78 is 29.1. The first kappa shape index (κ1) is 24.2. The van der Waals surface area contributed by atoms with Crippen molar-refractivity contribution in [3.8, 4) is 12.8 Å². The number of hydrogen-bond acceptors (Lipinski definition) is 5. The number of nitrogens with one attached hydrogen (secondary N) is 1. The molecule has 1 aliphatic rings. The number of ketones is 1. The van der Waals surface area contributed by atoms with Crippen LogP contribution < -0.4 is 5.32 Å². The lowest BCUT2D eigenvalue weighted by molar-refractivity contribution is 0.0501. The summed E-state index contributed by atoms with van der Waals surface area (Å²) in [5.41, 5.74) is 1.63. The molecule has 0 saturated heterocycles. The van der Waals surface area contributed by atoms with E-state index in [4.69, 9.17) is 4.74 Å². The van der Waals surface area contributed by atoms with Gasteiger partial charge in [-0.15, -0.1) is 24.2 Å². The Bertz CT molecular complexity index is 823. The van der Waals surface area contributed by atoms with Gasteiger partial charge in [-0.25, -0.2) is 18.6 Å². The summed E-state index contributed by atoms with van der Waals surface area (Å²) in [6, 6.07) is 4.87. The fourth-order valence-electron chi connectivity index (χ4n) is 2.45. The Morgan fingerprint density at radius 3 is 2.34 bits per heavy atom. The molecule has 1 N–H and O–H groups in total. The maximum atomic E-state index is 11.9. The van der Waals surface area contributed by atoms with Crippen LogP contribution in [0.5, 0.6) is 0 Å².